The van der Waals surface area contributed by atoms with Crippen molar-refractivity contribution in [1.82, 2.24) is 15.0 Å². The molecule has 0 aliphatic heterocycles. The summed E-state index contributed by atoms with van der Waals surface area (Å²) in [6.07, 6.45) is -4.61. The molecule has 2 rings (SSSR count). The molecule has 3 N–H and O–H groups in total. The third-order valence-corrected chi connectivity index (χ3v) is 2.69. The maximum absolute atomic E-state index is 12.8. The Morgan fingerprint density at radius 1 is 1.32 bits per heavy atom. The first kappa shape index (κ1) is 13.6. The molecule has 2 aromatic rings. The number of aromatic nitrogens is 3. The lowest BCUT2D eigenvalue weighted by atomic mass is 10.0. The van der Waals surface area contributed by atoms with Crippen molar-refractivity contribution in [3.8, 4) is 5.88 Å². The molecule has 0 radical (unpaired) electrons. The van der Waals surface area contributed by atoms with E-state index in [2.05, 4.69) is 15.0 Å². The van der Waals surface area contributed by atoms with Gasteiger partial charge >= 0.3 is 6.18 Å². The molecule has 0 aliphatic carbocycles. The van der Waals surface area contributed by atoms with Crippen LogP contribution in [-0.2, 0) is 5.54 Å². The van der Waals surface area contributed by atoms with Gasteiger partial charge in [-0.15, -0.1) is 0 Å². The van der Waals surface area contributed by atoms with Crippen molar-refractivity contribution in [2.24, 2.45) is 5.73 Å². The van der Waals surface area contributed by atoms with Gasteiger partial charge in [0, 0.05) is 6.07 Å². The first-order chi connectivity index (χ1) is 8.75. The molecule has 8 heteroatoms. The second-order valence-electron chi connectivity index (χ2n) is 4.24. The summed E-state index contributed by atoms with van der Waals surface area (Å²) < 4.78 is 43.6. The van der Waals surface area contributed by atoms with Gasteiger partial charge in [-0.2, -0.15) is 18.2 Å². The van der Waals surface area contributed by atoms with Gasteiger partial charge in [-0.1, -0.05) is 0 Å². The number of rotatable bonds is 3. The fourth-order valence-corrected chi connectivity index (χ4v) is 1.48. The summed E-state index contributed by atoms with van der Waals surface area (Å²) in [6, 6.07) is 3.10. The molecule has 0 saturated heterocycles. The summed E-state index contributed by atoms with van der Waals surface area (Å²) >= 11 is 0. The lowest BCUT2D eigenvalue weighted by Gasteiger charge is -2.24. The molecule has 0 amide bonds. The lowest BCUT2D eigenvalue weighted by Crippen LogP contribution is -2.48. The Hall–Kier alpha value is -1.83. The number of nitrogens with zero attached hydrogens (tertiary/aromatic N) is 2. The van der Waals surface area contributed by atoms with Crippen molar-refractivity contribution < 1.29 is 17.9 Å². The number of aromatic amines is 1. The number of ether oxygens (including phenoxy) is 1. The Bertz CT molecular complexity index is 591. The normalized spacial score (nSPS) is 15.5. The highest BCUT2D eigenvalue weighted by Crippen LogP contribution is 2.35. The van der Waals surface area contributed by atoms with E-state index in [1.807, 2.05) is 0 Å². The number of halogens is 3. The molecule has 104 valence electrons. The van der Waals surface area contributed by atoms with Crippen LogP contribution in [0.3, 0.4) is 0 Å². The number of H-pyrrole nitrogens is 1. The van der Waals surface area contributed by atoms with E-state index in [1.54, 1.807) is 19.1 Å². The molecule has 19 heavy (non-hydrogen) atoms. The van der Waals surface area contributed by atoms with Crippen LogP contribution in [0.2, 0.25) is 0 Å². The van der Waals surface area contributed by atoms with Crippen LogP contribution >= 0.6 is 0 Å². The van der Waals surface area contributed by atoms with Gasteiger partial charge in [-0.3, -0.25) is 0 Å². The number of pyridine rings is 1. The topological polar surface area (TPSA) is 76.8 Å². The van der Waals surface area contributed by atoms with E-state index in [0.29, 0.717) is 18.0 Å². The maximum Gasteiger partial charge on any atom is 0.413 e. The molecule has 0 fully saturated rings. The van der Waals surface area contributed by atoms with Crippen LogP contribution in [0.1, 0.15) is 19.7 Å². The highest BCUT2D eigenvalue weighted by Gasteiger charge is 2.51. The fourth-order valence-electron chi connectivity index (χ4n) is 1.48. The molecule has 2 aromatic heterocycles. The zero-order valence-corrected chi connectivity index (χ0v) is 10.4. The Labute approximate surface area is 107 Å². The van der Waals surface area contributed by atoms with E-state index in [0.717, 1.165) is 6.92 Å². The number of hydrogen-bond donors (Lipinski definition) is 2. The average Bonchev–Trinajstić information content (AvgIpc) is 2.71. The first-order valence-corrected chi connectivity index (χ1v) is 5.61. The SMILES string of the molecule is CCOc1ccc2[nH]c(C(C)(N)C(F)(F)F)nc2n1. The van der Waals surface area contributed by atoms with Gasteiger partial charge in [-0.05, 0) is 19.9 Å². The molecule has 0 aromatic carbocycles. The van der Waals surface area contributed by atoms with E-state index < -0.39 is 11.7 Å². The molecule has 0 saturated carbocycles. The highest BCUT2D eigenvalue weighted by molar-refractivity contribution is 5.71. The van der Waals surface area contributed by atoms with Crippen molar-refractivity contribution in [1.29, 1.82) is 0 Å². The van der Waals surface area contributed by atoms with E-state index in [9.17, 15) is 13.2 Å². The number of nitrogens with one attached hydrogen (secondary N) is 1. The van der Waals surface area contributed by atoms with Crippen molar-refractivity contribution in [3.63, 3.8) is 0 Å². The number of imidazole rings is 1. The predicted molar refractivity (Wildman–Crippen MR) is 62.7 cm³/mol. The van der Waals surface area contributed by atoms with Crippen molar-refractivity contribution in [2.75, 3.05) is 6.61 Å². The maximum atomic E-state index is 12.8. The molecule has 2 heterocycles. The van der Waals surface area contributed by atoms with E-state index in [-0.39, 0.29) is 11.5 Å². The summed E-state index contributed by atoms with van der Waals surface area (Å²) in [5.74, 6) is -0.0741. The summed E-state index contributed by atoms with van der Waals surface area (Å²) in [5, 5.41) is 0. The minimum Gasteiger partial charge on any atom is -0.478 e. The Morgan fingerprint density at radius 2 is 2.00 bits per heavy atom. The number of nitrogens with two attached hydrogens (primary N) is 1. The monoisotopic (exact) mass is 274 g/mol. The van der Waals surface area contributed by atoms with Gasteiger partial charge in [0.2, 0.25) is 5.88 Å². The van der Waals surface area contributed by atoms with E-state index in [1.165, 1.54) is 0 Å². The van der Waals surface area contributed by atoms with Gasteiger partial charge in [0.1, 0.15) is 5.82 Å². The second kappa shape index (κ2) is 4.37. The van der Waals surface area contributed by atoms with Crippen molar-refractivity contribution in [3.05, 3.63) is 18.0 Å². The van der Waals surface area contributed by atoms with Crippen LogP contribution in [0.5, 0.6) is 5.88 Å². The lowest BCUT2D eigenvalue weighted by molar-refractivity contribution is -0.186. The quantitative estimate of drug-likeness (QED) is 0.898. The Balaban J connectivity index is 2.47. The van der Waals surface area contributed by atoms with Crippen LogP contribution < -0.4 is 10.5 Å². The minimum absolute atomic E-state index is 0.141. The molecule has 0 aliphatic rings. The number of hydrogen-bond acceptors (Lipinski definition) is 4. The third-order valence-electron chi connectivity index (χ3n) is 2.69. The van der Waals surface area contributed by atoms with Crippen molar-refractivity contribution in [2.45, 2.75) is 25.6 Å². The zero-order chi connectivity index (χ0) is 14.3. The first-order valence-electron chi connectivity index (χ1n) is 5.61. The standard InChI is InChI=1S/C11H13F3N4O/c1-3-19-7-5-4-6-8(17-7)18-9(16-6)10(2,15)11(12,13)14/h4-5H,3,15H2,1-2H3,(H,16,17,18). The van der Waals surface area contributed by atoms with E-state index in [4.69, 9.17) is 10.5 Å². The van der Waals surface area contributed by atoms with Gasteiger partial charge in [0.25, 0.3) is 0 Å². The zero-order valence-electron chi connectivity index (χ0n) is 10.4. The number of alkyl halides is 3. The van der Waals surface area contributed by atoms with Gasteiger partial charge in [0.15, 0.2) is 11.2 Å². The third kappa shape index (κ3) is 2.35. The smallest absolute Gasteiger partial charge is 0.413 e. The molecule has 0 bridgehead atoms. The molecule has 1 atom stereocenters. The Morgan fingerprint density at radius 3 is 2.58 bits per heavy atom. The van der Waals surface area contributed by atoms with E-state index >= 15 is 0 Å². The average molecular weight is 274 g/mol. The summed E-state index contributed by atoms with van der Waals surface area (Å²) in [4.78, 5) is 10.3. The minimum atomic E-state index is -4.61. The predicted octanol–water partition coefficient (Wildman–Crippen LogP) is 2.09. The van der Waals surface area contributed by atoms with Crippen LogP contribution in [0, 0.1) is 0 Å². The van der Waals surface area contributed by atoms with Gasteiger partial charge in [0.05, 0.1) is 12.1 Å². The van der Waals surface area contributed by atoms with Crippen LogP contribution in [-0.4, -0.2) is 27.7 Å². The fraction of sp³-hybridized carbons (Fsp3) is 0.455. The Kier molecular flexibility index (Phi) is 3.13. The van der Waals surface area contributed by atoms with Crippen molar-refractivity contribution >= 4 is 11.2 Å². The number of fused-ring (bicyclic) bond motifs is 1. The van der Waals surface area contributed by atoms with Crippen LogP contribution in [0.15, 0.2) is 12.1 Å². The van der Waals surface area contributed by atoms with Gasteiger partial charge in [-0.25, -0.2) is 4.98 Å². The molecule has 1 unspecified atom stereocenters. The highest BCUT2D eigenvalue weighted by atomic mass is 19.4. The van der Waals surface area contributed by atoms with Gasteiger partial charge < -0.3 is 15.5 Å². The summed E-state index contributed by atoms with van der Waals surface area (Å²) in [5.41, 5.74) is 3.26. The molecule has 5 nitrogen and oxygen atoms in total. The van der Waals surface area contributed by atoms with Crippen LogP contribution in [0.4, 0.5) is 13.2 Å². The molecular formula is C11H13F3N4O. The largest absolute Gasteiger partial charge is 0.478 e. The summed E-state index contributed by atoms with van der Waals surface area (Å²) in [6.45, 7) is 3.05. The van der Waals surface area contributed by atoms with Crippen LogP contribution in [0.25, 0.3) is 11.2 Å². The molecule has 0 spiro atoms. The molecular weight excluding hydrogens is 261 g/mol. The summed E-state index contributed by atoms with van der Waals surface area (Å²) in [7, 11) is 0. The second-order valence-corrected chi connectivity index (χ2v) is 4.24.